The lowest BCUT2D eigenvalue weighted by Gasteiger charge is -2.12. The minimum absolute atomic E-state index is 0. The largest absolute Gasteiger partial charge is 0.484 e. The van der Waals surface area contributed by atoms with Gasteiger partial charge in [0.05, 0.1) is 6.54 Å². The number of halogens is 1. The molecule has 0 saturated heterocycles. The van der Waals surface area contributed by atoms with Crippen LogP contribution in [-0.2, 0) is 16.1 Å². The first-order valence-corrected chi connectivity index (χ1v) is 8.49. The molecule has 7 nitrogen and oxygen atoms in total. The van der Waals surface area contributed by atoms with Crippen molar-refractivity contribution in [3.63, 3.8) is 0 Å². The van der Waals surface area contributed by atoms with Crippen molar-refractivity contribution in [1.82, 2.24) is 15.5 Å². The third-order valence-corrected chi connectivity index (χ3v) is 3.34. The van der Waals surface area contributed by atoms with Crippen molar-refractivity contribution in [3.05, 3.63) is 29.8 Å². The van der Waals surface area contributed by atoms with Crippen LogP contribution in [0, 0.1) is 0 Å². The molecular weight excluding hydrogens is 447 g/mol. The van der Waals surface area contributed by atoms with Crippen molar-refractivity contribution in [1.29, 1.82) is 0 Å². The van der Waals surface area contributed by atoms with Gasteiger partial charge in [0, 0.05) is 40.9 Å². The summed E-state index contributed by atoms with van der Waals surface area (Å²) in [6, 6.07) is 7.63. The molecule has 0 aliphatic carbocycles. The number of amides is 1. The molecule has 26 heavy (non-hydrogen) atoms. The van der Waals surface area contributed by atoms with Crippen LogP contribution in [0.15, 0.2) is 29.3 Å². The topological polar surface area (TPSA) is 75.2 Å². The summed E-state index contributed by atoms with van der Waals surface area (Å²) in [6.45, 7) is 4.91. The molecule has 0 aromatic heterocycles. The summed E-state index contributed by atoms with van der Waals surface area (Å²) in [4.78, 5) is 17.7. The first kappa shape index (κ1) is 24.5. The second kappa shape index (κ2) is 14.6. The van der Waals surface area contributed by atoms with Crippen LogP contribution in [0.3, 0.4) is 0 Å². The van der Waals surface area contributed by atoms with Gasteiger partial charge in [-0.2, -0.15) is 0 Å². The average molecular weight is 478 g/mol. The van der Waals surface area contributed by atoms with E-state index in [0.29, 0.717) is 12.3 Å². The van der Waals surface area contributed by atoms with Crippen LogP contribution in [0.1, 0.15) is 18.9 Å². The van der Waals surface area contributed by atoms with Gasteiger partial charge in [-0.05, 0) is 31.0 Å². The molecule has 1 aromatic carbocycles. The number of aliphatic imine (C=N–C) groups is 1. The smallest absolute Gasteiger partial charge is 0.259 e. The Kier molecular flexibility index (Phi) is 13.7. The van der Waals surface area contributed by atoms with Crippen molar-refractivity contribution in [3.8, 4) is 5.75 Å². The Labute approximate surface area is 173 Å². The molecule has 0 aliphatic rings. The summed E-state index contributed by atoms with van der Waals surface area (Å²) in [5, 5.41) is 6.48. The second-order valence-corrected chi connectivity index (χ2v) is 5.69. The van der Waals surface area contributed by atoms with E-state index < -0.39 is 0 Å². The van der Waals surface area contributed by atoms with E-state index in [4.69, 9.17) is 9.47 Å². The van der Waals surface area contributed by atoms with Crippen molar-refractivity contribution in [2.24, 2.45) is 4.99 Å². The summed E-state index contributed by atoms with van der Waals surface area (Å²) in [6.07, 6.45) is 0.921. The van der Waals surface area contributed by atoms with E-state index in [2.05, 4.69) is 15.6 Å². The number of hydrogen-bond acceptors (Lipinski definition) is 4. The Morgan fingerprint density at radius 3 is 2.69 bits per heavy atom. The molecule has 0 bridgehead atoms. The molecule has 0 fully saturated rings. The molecule has 0 atom stereocenters. The lowest BCUT2D eigenvalue weighted by Crippen LogP contribution is -2.38. The first-order chi connectivity index (χ1) is 12.1. The van der Waals surface area contributed by atoms with E-state index in [0.717, 1.165) is 37.6 Å². The summed E-state index contributed by atoms with van der Waals surface area (Å²) in [5.41, 5.74) is 1.02. The van der Waals surface area contributed by atoms with Gasteiger partial charge in [-0.1, -0.05) is 12.1 Å². The van der Waals surface area contributed by atoms with Crippen LogP contribution in [0.5, 0.6) is 5.75 Å². The predicted molar refractivity (Wildman–Crippen MR) is 115 cm³/mol. The summed E-state index contributed by atoms with van der Waals surface area (Å²) in [5.74, 6) is 1.37. The van der Waals surface area contributed by atoms with Crippen LogP contribution in [0.4, 0.5) is 0 Å². The number of carbonyl (C=O) groups excluding carboxylic acids is 1. The van der Waals surface area contributed by atoms with E-state index in [1.807, 2.05) is 31.2 Å². The van der Waals surface area contributed by atoms with E-state index in [9.17, 15) is 4.79 Å². The Morgan fingerprint density at radius 2 is 2.04 bits per heavy atom. The molecule has 0 spiro atoms. The van der Waals surface area contributed by atoms with Crippen LogP contribution >= 0.6 is 24.0 Å². The highest BCUT2D eigenvalue weighted by Crippen LogP contribution is 2.14. The molecule has 0 aliphatic heterocycles. The minimum Gasteiger partial charge on any atom is -0.484 e. The second-order valence-electron chi connectivity index (χ2n) is 5.69. The van der Waals surface area contributed by atoms with Crippen LogP contribution < -0.4 is 15.4 Å². The lowest BCUT2D eigenvalue weighted by molar-refractivity contribution is -0.130. The molecule has 2 N–H and O–H groups in total. The zero-order valence-corrected chi connectivity index (χ0v) is 18.4. The van der Waals surface area contributed by atoms with Gasteiger partial charge in [0.2, 0.25) is 0 Å². The standard InChI is InChI=1S/C18H30N4O3.HI/c1-5-19-18(20-10-7-11-24-4)21-13-15-8-6-9-16(12-15)25-14-17(23)22(2)3;/h6,8-9,12H,5,7,10-11,13-14H2,1-4H3,(H2,19,20,21);1H. The summed E-state index contributed by atoms with van der Waals surface area (Å²) < 4.78 is 10.6. The molecule has 1 aromatic rings. The van der Waals surface area contributed by atoms with Gasteiger partial charge < -0.3 is 25.0 Å². The summed E-state index contributed by atoms with van der Waals surface area (Å²) >= 11 is 0. The molecule has 0 heterocycles. The van der Waals surface area contributed by atoms with E-state index in [-0.39, 0.29) is 36.5 Å². The van der Waals surface area contributed by atoms with E-state index in [1.165, 1.54) is 4.90 Å². The number of rotatable bonds is 10. The lowest BCUT2D eigenvalue weighted by atomic mass is 10.2. The van der Waals surface area contributed by atoms with Gasteiger partial charge in [-0.3, -0.25) is 4.79 Å². The molecule has 1 amide bonds. The molecular formula is C18H31IN4O3. The highest BCUT2D eigenvalue weighted by Gasteiger charge is 2.05. The third kappa shape index (κ3) is 10.4. The maximum atomic E-state index is 11.6. The molecule has 148 valence electrons. The van der Waals surface area contributed by atoms with Crippen molar-refractivity contribution in [2.45, 2.75) is 19.9 Å². The Morgan fingerprint density at radius 1 is 1.27 bits per heavy atom. The van der Waals surface area contributed by atoms with E-state index in [1.54, 1.807) is 21.2 Å². The number of hydrogen-bond donors (Lipinski definition) is 2. The SMILES string of the molecule is CCNC(=NCc1cccc(OCC(=O)N(C)C)c1)NCCCOC.I. The highest BCUT2D eigenvalue weighted by molar-refractivity contribution is 14.0. The molecule has 1 rings (SSSR count). The molecule has 0 radical (unpaired) electrons. The minimum atomic E-state index is -0.0712. The van der Waals surface area contributed by atoms with Gasteiger partial charge in [0.1, 0.15) is 5.75 Å². The number of nitrogens with zero attached hydrogens (tertiary/aromatic N) is 2. The fourth-order valence-corrected chi connectivity index (χ4v) is 1.94. The number of methoxy groups -OCH3 is 1. The van der Waals surface area contributed by atoms with Crippen molar-refractivity contribution >= 4 is 35.8 Å². The van der Waals surface area contributed by atoms with Gasteiger partial charge in [0.25, 0.3) is 5.91 Å². The van der Waals surface area contributed by atoms with Crippen molar-refractivity contribution in [2.75, 3.05) is 47.5 Å². The quantitative estimate of drug-likeness (QED) is 0.233. The maximum Gasteiger partial charge on any atom is 0.259 e. The van der Waals surface area contributed by atoms with Gasteiger partial charge in [-0.15, -0.1) is 24.0 Å². The third-order valence-electron chi connectivity index (χ3n) is 3.34. The number of guanidine groups is 1. The van der Waals surface area contributed by atoms with Crippen LogP contribution in [0.2, 0.25) is 0 Å². The zero-order valence-electron chi connectivity index (χ0n) is 16.1. The number of likely N-dealkylation sites (N-methyl/N-ethyl adjacent to an activating group) is 1. The Balaban J connectivity index is 0.00000625. The molecule has 0 saturated carbocycles. The van der Waals surface area contributed by atoms with Crippen molar-refractivity contribution < 1.29 is 14.3 Å². The van der Waals surface area contributed by atoms with Gasteiger partial charge in [0.15, 0.2) is 12.6 Å². The normalized spacial score (nSPS) is 10.7. The van der Waals surface area contributed by atoms with Crippen LogP contribution in [0.25, 0.3) is 0 Å². The number of ether oxygens (including phenoxy) is 2. The Hall–Kier alpha value is -1.55. The number of carbonyl (C=O) groups is 1. The summed E-state index contributed by atoms with van der Waals surface area (Å²) in [7, 11) is 5.11. The maximum absolute atomic E-state index is 11.6. The number of nitrogens with one attached hydrogen (secondary N) is 2. The highest BCUT2D eigenvalue weighted by atomic mass is 127. The van der Waals surface area contributed by atoms with Gasteiger partial charge >= 0.3 is 0 Å². The Bertz CT molecular complexity index is 553. The predicted octanol–water partition coefficient (Wildman–Crippen LogP) is 1.86. The molecule has 0 unspecified atom stereocenters. The fraction of sp³-hybridized carbons (Fsp3) is 0.556. The van der Waals surface area contributed by atoms with Crippen LogP contribution in [-0.4, -0.2) is 64.3 Å². The van der Waals surface area contributed by atoms with Gasteiger partial charge in [-0.25, -0.2) is 4.99 Å². The monoisotopic (exact) mass is 478 g/mol. The molecule has 8 heteroatoms. The fourth-order valence-electron chi connectivity index (χ4n) is 1.94. The average Bonchev–Trinajstić information content (AvgIpc) is 2.61. The van der Waals surface area contributed by atoms with E-state index >= 15 is 0 Å². The first-order valence-electron chi connectivity index (χ1n) is 8.49. The zero-order chi connectivity index (χ0) is 18.5. The number of benzene rings is 1.